The van der Waals surface area contributed by atoms with Crippen molar-refractivity contribution in [1.29, 1.82) is 0 Å². The van der Waals surface area contributed by atoms with Gasteiger partial charge in [-0.3, -0.25) is 4.79 Å². The summed E-state index contributed by atoms with van der Waals surface area (Å²) in [6, 6.07) is 6.09. The summed E-state index contributed by atoms with van der Waals surface area (Å²) in [6.07, 6.45) is 4.79. The summed E-state index contributed by atoms with van der Waals surface area (Å²) in [6.45, 7) is 11.9. The summed E-state index contributed by atoms with van der Waals surface area (Å²) >= 11 is 0. The number of hydrogen-bond donors (Lipinski definition) is 1. The van der Waals surface area contributed by atoms with Crippen molar-refractivity contribution in [3.8, 4) is 0 Å². The molecule has 2 heterocycles. The van der Waals surface area contributed by atoms with Crippen LogP contribution in [0.4, 0.5) is 0 Å². The van der Waals surface area contributed by atoms with Crippen LogP contribution >= 0.6 is 0 Å². The van der Waals surface area contributed by atoms with Gasteiger partial charge in [0.1, 0.15) is 5.69 Å². The van der Waals surface area contributed by atoms with Crippen LogP contribution < -0.4 is 5.32 Å². The number of hydrogen-bond acceptors (Lipinski definition) is 5. The Balaban J connectivity index is 1.87. The Morgan fingerprint density at radius 2 is 1.94 bits per heavy atom. The van der Waals surface area contributed by atoms with Gasteiger partial charge in [-0.05, 0) is 71.6 Å². The highest BCUT2D eigenvalue weighted by molar-refractivity contribution is 7.89. The standard InChI is InChI=1S/C24H33N3O4S/c1-16-9-10-17(2)19(14-16)11-12-21-22(18(3)26-31-21)32(29,30)27-13-7-8-20(15-27)23(28)25-24(4,5)6/h9-12,14,20H,7-8,13,15H2,1-6H3,(H,25,28)/b12-11+/t20-/m1/s1. The van der Waals surface area contributed by atoms with E-state index in [1.165, 1.54) is 4.31 Å². The van der Waals surface area contributed by atoms with Crippen molar-refractivity contribution in [3.05, 3.63) is 46.3 Å². The lowest BCUT2D eigenvalue weighted by atomic mass is 9.97. The van der Waals surface area contributed by atoms with E-state index in [0.29, 0.717) is 25.1 Å². The van der Waals surface area contributed by atoms with Gasteiger partial charge in [-0.15, -0.1) is 0 Å². The molecule has 0 unspecified atom stereocenters. The molecular weight excluding hydrogens is 426 g/mol. The molecule has 1 aromatic carbocycles. The molecule has 1 aliphatic heterocycles. The highest BCUT2D eigenvalue weighted by Gasteiger charge is 2.37. The average molecular weight is 460 g/mol. The summed E-state index contributed by atoms with van der Waals surface area (Å²) < 4.78 is 33.8. The van der Waals surface area contributed by atoms with Crippen molar-refractivity contribution in [2.24, 2.45) is 5.92 Å². The molecule has 1 aliphatic rings. The number of carbonyl (C=O) groups excluding carboxylic acids is 1. The molecule has 0 bridgehead atoms. The Kier molecular flexibility index (Phi) is 6.95. The second-order valence-electron chi connectivity index (χ2n) is 9.60. The highest BCUT2D eigenvalue weighted by Crippen LogP contribution is 2.29. The topological polar surface area (TPSA) is 92.5 Å². The SMILES string of the molecule is Cc1ccc(C)c(/C=C/c2onc(C)c2S(=O)(=O)N2CCC[C@@H](C(=O)NC(C)(C)C)C2)c1. The molecule has 174 valence electrons. The van der Waals surface area contributed by atoms with Gasteiger partial charge in [-0.2, -0.15) is 4.31 Å². The van der Waals surface area contributed by atoms with Gasteiger partial charge in [-0.25, -0.2) is 8.42 Å². The van der Waals surface area contributed by atoms with Crippen LogP contribution in [0.5, 0.6) is 0 Å². The number of nitrogens with zero attached hydrogens (tertiary/aromatic N) is 2. The maximum atomic E-state index is 13.5. The molecule has 0 radical (unpaired) electrons. The largest absolute Gasteiger partial charge is 0.355 e. The second-order valence-corrected chi connectivity index (χ2v) is 11.5. The molecule has 32 heavy (non-hydrogen) atoms. The third kappa shape index (κ3) is 5.48. The molecule has 8 heteroatoms. The summed E-state index contributed by atoms with van der Waals surface area (Å²) in [4.78, 5) is 12.7. The quantitative estimate of drug-likeness (QED) is 0.727. The Hall–Kier alpha value is -2.45. The lowest BCUT2D eigenvalue weighted by Crippen LogP contribution is -2.49. The Morgan fingerprint density at radius 3 is 2.62 bits per heavy atom. The minimum absolute atomic E-state index is 0.0657. The number of aryl methyl sites for hydroxylation is 3. The number of sulfonamides is 1. The maximum absolute atomic E-state index is 13.5. The van der Waals surface area contributed by atoms with E-state index in [-0.39, 0.29) is 34.6 Å². The summed E-state index contributed by atoms with van der Waals surface area (Å²) in [5.74, 6) is -0.300. The zero-order chi connectivity index (χ0) is 23.7. The van der Waals surface area contributed by atoms with Crippen molar-refractivity contribution >= 4 is 28.1 Å². The predicted octanol–water partition coefficient (Wildman–Crippen LogP) is 4.09. The highest BCUT2D eigenvalue weighted by atomic mass is 32.2. The molecule has 1 fully saturated rings. The minimum atomic E-state index is -3.87. The fourth-order valence-electron chi connectivity index (χ4n) is 3.88. The molecule has 0 aliphatic carbocycles. The van der Waals surface area contributed by atoms with Crippen LogP contribution in [0.2, 0.25) is 0 Å². The van der Waals surface area contributed by atoms with E-state index in [9.17, 15) is 13.2 Å². The van der Waals surface area contributed by atoms with Crippen LogP contribution in [-0.2, 0) is 14.8 Å². The number of nitrogens with one attached hydrogen (secondary N) is 1. The van der Waals surface area contributed by atoms with Gasteiger partial charge in [0.25, 0.3) is 0 Å². The number of rotatable bonds is 5. The smallest absolute Gasteiger partial charge is 0.248 e. The second kappa shape index (κ2) is 9.19. The van der Waals surface area contributed by atoms with Crippen LogP contribution in [-0.4, -0.2) is 42.4 Å². The Bertz CT molecular complexity index is 1130. The van der Waals surface area contributed by atoms with Gasteiger partial charge < -0.3 is 9.84 Å². The first-order valence-electron chi connectivity index (χ1n) is 10.9. The van der Waals surface area contributed by atoms with Gasteiger partial charge in [0.05, 0.1) is 5.92 Å². The van der Waals surface area contributed by atoms with E-state index in [0.717, 1.165) is 16.7 Å². The van der Waals surface area contributed by atoms with E-state index < -0.39 is 10.0 Å². The predicted molar refractivity (Wildman–Crippen MR) is 125 cm³/mol. The van der Waals surface area contributed by atoms with Gasteiger partial charge in [-0.1, -0.05) is 35.0 Å². The summed E-state index contributed by atoms with van der Waals surface area (Å²) in [5.41, 5.74) is 3.13. The molecule has 1 aromatic heterocycles. The summed E-state index contributed by atoms with van der Waals surface area (Å²) in [7, 11) is -3.87. The zero-order valence-corrected chi connectivity index (χ0v) is 20.5. The van der Waals surface area contributed by atoms with E-state index in [1.807, 2.05) is 58.9 Å². The molecule has 1 amide bonds. The lowest BCUT2D eigenvalue weighted by Gasteiger charge is -2.33. The number of piperidine rings is 1. The van der Waals surface area contributed by atoms with Crippen LogP contribution in [0.15, 0.2) is 27.6 Å². The molecule has 0 spiro atoms. The number of amides is 1. The maximum Gasteiger partial charge on any atom is 0.248 e. The normalized spacial score (nSPS) is 18.2. The van der Waals surface area contributed by atoms with Crippen molar-refractivity contribution in [1.82, 2.24) is 14.8 Å². The van der Waals surface area contributed by atoms with E-state index in [1.54, 1.807) is 13.0 Å². The fourth-order valence-corrected chi connectivity index (χ4v) is 5.65. The Morgan fingerprint density at radius 1 is 1.22 bits per heavy atom. The first-order chi connectivity index (χ1) is 14.9. The molecule has 0 saturated carbocycles. The molecule has 7 nitrogen and oxygen atoms in total. The molecular formula is C24H33N3O4S. The fraction of sp³-hybridized carbons (Fsp3) is 0.500. The van der Waals surface area contributed by atoms with Gasteiger partial charge in [0.2, 0.25) is 15.9 Å². The van der Waals surface area contributed by atoms with Crippen molar-refractivity contribution in [2.75, 3.05) is 13.1 Å². The average Bonchev–Trinajstić information content (AvgIpc) is 3.08. The van der Waals surface area contributed by atoms with Gasteiger partial charge in [0.15, 0.2) is 10.7 Å². The molecule has 2 aromatic rings. The number of benzene rings is 1. The van der Waals surface area contributed by atoms with Crippen molar-refractivity contribution < 1.29 is 17.7 Å². The monoisotopic (exact) mass is 459 g/mol. The molecule has 3 rings (SSSR count). The first-order valence-corrected chi connectivity index (χ1v) is 12.4. The first kappa shape index (κ1) is 24.2. The van der Waals surface area contributed by atoms with Crippen molar-refractivity contribution in [3.63, 3.8) is 0 Å². The van der Waals surface area contributed by atoms with E-state index >= 15 is 0 Å². The van der Waals surface area contributed by atoms with Crippen LogP contribution in [0, 0.1) is 26.7 Å². The van der Waals surface area contributed by atoms with Crippen LogP contribution in [0.3, 0.4) is 0 Å². The van der Waals surface area contributed by atoms with Gasteiger partial charge >= 0.3 is 0 Å². The number of aromatic nitrogens is 1. The van der Waals surface area contributed by atoms with Gasteiger partial charge in [0, 0.05) is 18.6 Å². The van der Waals surface area contributed by atoms with Crippen molar-refractivity contribution in [2.45, 2.75) is 64.8 Å². The van der Waals surface area contributed by atoms with Crippen LogP contribution in [0.25, 0.3) is 12.2 Å². The lowest BCUT2D eigenvalue weighted by molar-refractivity contribution is -0.127. The zero-order valence-electron chi connectivity index (χ0n) is 19.7. The molecule has 1 atom stereocenters. The van der Waals surface area contributed by atoms with E-state index in [4.69, 9.17) is 4.52 Å². The third-order valence-corrected chi connectivity index (χ3v) is 7.56. The molecule has 1 saturated heterocycles. The molecule has 1 N–H and O–H groups in total. The number of carbonyl (C=O) groups is 1. The van der Waals surface area contributed by atoms with E-state index in [2.05, 4.69) is 10.5 Å². The van der Waals surface area contributed by atoms with Crippen LogP contribution in [0.1, 0.15) is 61.8 Å². The minimum Gasteiger partial charge on any atom is -0.355 e. The Labute approximate surface area is 190 Å². The summed E-state index contributed by atoms with van der Waals surface area (Å²) in [5, 5.41) is 6.89. The third-order valence-electron chi connectivity index (χ3n) is 5.53.